The van der Waals surface area contributed by atoms with Crippen LogP contribution >= 0.6 is 0 Å². The zero-order valence-electron chi connectivity index (χ0n) is 15.1. The molecule has 1 aliphatic heterocycles. The molecule has 0 unspecified atom stereocenters. The van der Waals surface area contributed by atoms with Gasteiger partial charge in [-0.2, -0.15) is 0 Å². The normalized spacial score (nSPS) is 15.9. The van der Waals surface area contributed by atoms with E-state index in [4.69, 9.17) is 0 Å². The van der Waals surface area contributed by atoms with Crippen LogP contribution in [-0.4, -0.2) is 52.4 Å². The van der Waals surface area contributed by atoms with Crippen LogP contribution in [-0.2, 0) is 6.54 Å². The molecule has 3 rings (SSSR count). The molecule has 0 spiro atoms. The lowest BCUT2D eigenvalue weighted by Gasteiger charge is -2.34. The predicted octanol–water partition coefficient (Wildman–Crippen LogP) is 2.77. The van der Waals surface area contributed by atoms with Gasteiger partial charge in [-0.1, -0.05) is 30.3 Å². The van der Waals surface area contributed by atoms with Crippen molar-refractivity contribution in [3.63, 3.8) is 0 Å². The third-order valence-corrected chi connectivity index (χ3v) is 4.98. The molecule has 132 valence electrons. The largest absolute Gasteiger partial charge is 0.341 e. The van der Waals surface area contributed by atoms with E-state index in [1.54, 1.807) is 6.20 Å². The number of amides is 1. The van der Waals surface area contributed by atoms with Gasteiger partial charge in [0.2, 0.25) is 0 Å². The van der Waals surface area contributed by atoms with Crippen LogP contribution in [0.4, 0.5) is 0 Å². The highest BCUT2D eigenvalue weighted by Gasteiger charge is 2.23. The fraction of sp³-hybridized carbons (Fsp3) is 0.450. The Morgan fingerprint density at radius 3 is 2.64 bits per heavy atom. The van der Waals surface area contributed by atoms with Crippen LogP contribution in [0.1, 0.15) is 34.5 Å². The van der Waals surface area contributed by atoms with Crippen LogP contribution < -0.4 is 0 Å². The molecule has 1 saturated heterocycles. The second-order valence-electron chi connectivity index (χ2n) is 6.91. The SMILES string of the molecule is Cc1ncncc1C(=O)N(C)CC1CCN(Cc2ccccc2)CC1. The van der Waals surface area contributed by atoms with E-state index >= 15 is 0 Å². The first kappa shape index (κ1) is 17.5. The monoisotopic (exact) mass is 338 g/mol. The van der Waals surface area contributed by atoms with E-state index in [9.17, 15) is 4.79 Å². The highest BCUT2D eigenvalue weighted by Crippen LogP contribution is 2.20. The lowest BCUT2D eigenvalue weighted by atomic mass is 9.95. The number of nitrogens with zero attached hydrogens (tertiary/aromatic N) is 4. The number of aryl methyl sites for hydroxylation is 1. The highest BCUT2D eigenvalue weighted by molar-refractivity contribution is 5.94. The van der Waals surface area contributed by atoms with E-state index in [1.807, 2.05) is 18.9 Å². The minimum atomic E-state index is 0.0183. The number of benzene rings is 1. The van der Waals surface area contributed by atoms with E-state index in [-0.39, 0.29) is 5.91 Å². The standard InChI is InChI=1S/C20H26N4O/c1-16-19(12-21-15-22-16)20(25)23(2)13-18-8-10-24(11-9-18)14-17-6-4-3-5-7-17/h3-7,12,15,18H,8-11,13-14H2,1-2H3. The number of likely N-dealkylation sites (tertiary alicyclic amines) is 1. The molecule has 25 heavy (non-hydrogen) atoms. The number of hydrogen-bond acceptors (Lipinski definition) is 4. The zero-order chi connectivity index (χ0) is 17.6. The Hall–Kier alpha value is -2.27. The van der Waals surface area contributed by atoms with Crippen molar-refractivity contribution in [2.75, 3.05) is 26.7 Å². The topological polar surface area (TPSA) is 49.3 Å². The second-order valence-corrected chi connectivity index (χ2v) is 6.91. The average molecular weight is 338 g/mol. The van der Waals surface area contributed by atoms with E-state index in [0.717, 1.165) is 44.7 Å². The Balaban J connectivity index is 1.48. The molecule has 2 heterocycles. The zero-order valence-corrected chi connectivity index (χ0v) is 15.1. The van der Waals surface area contributed by atoms with Gasteiger partial charge in [-0.3, -0.25) is 9.69 Å². The quantitative estimate of drug-likeness (QED) is 0.841. The Kier molecular flexibility index (Phi) is 5.76. The number of carbonyl (C=O) groups is 1. The van der Waals surface area contributed by atoms with Gasteiger partial charge in [-0.15, -0.1) is 0 Å². The summed E-state index contributed by atoms with van der Waals surface area (Å²) in [6, 6.07) is 10.6. The molecule has 2 aromatic rings. The number of hydrogen-bond donors (Lipinski definition) is 0. The Morgan fingerprint density at radius 2 is 1.96 bits per heavy atom. The second kappa shape index (κ2) is 8.21. The first-order chi connectivity index (χ1) is 12.1. The van der Waals surface area contributed by atoms with Gasteiger partial charge in [0.15, 0.2) is 0 Å². The lowest BCUT2D eigenvalue weighted by molar-refractivity contribution is 0.0736. The summed E-state index contributed by atoms with van der Waals surface area (Å²) in [6.45, 7) is 5.85. The molecule has 0 radical (unpaired) electrons. The molecule has 1 aromatic carbocycles. The van der Waals surface area contributed by atoms with Gasteiger partial charge in [-0.05, 0) is 44.3 Å². The summed E-state index contributed by atoms with van der Waals surface area (Å²) in [7, 11) is 1.88. The maximum Gasteiger partial charge on any atom is 0.257 e. The molecule has 1 aliphatic rings. The fourth-order valence-electron chi connectivity index (χ4n) is 3.45. The van der Waals surface area contributed by atoms with Crippen LogP contribution in [0.15, 0.2) is 42.9 Å². The van der Waals surface area contributed by atoms with Crippen LogP contribution in [0.5, 0.6) is 0 Å². The summed E-state index contributed by atoms with van der Waals surface area (Å²) in [5.74, 6) is 0.579. The van der Waals surface area contributed by atoms with Crippen LogP contribution in [0.25, 0.3) is 0 Å². The minimum absolute atomic E-state index is 0.0183. The predicted molar refractivity (Wildman–Crippen MR) is 98.2 cm³/mol. The van der Waals surface area contributed by atoms with Gasteiger partial charge < -0.3 is 4.90 Å². The number of aromatic nitrogens is 2. The van der Waals surface area contributed by atoms with Gasteiger partial charge in [0, 0.05) is 26.3 Å². The third-order valence-electron chi connectivity index (χ3n) is 4.98. The maximum absolute atomic E-state index is 12.6. The first-order valence-electron chi connectivity index (χ1n) is 8.92. The van der Waals surface area contributed by atoms with Crippen LogP contribution in [0, 0.1) is 12.8 Å². The molecule has 5 heteroatoms. The molecule has 0 bridgehead atoms. The van der Waals surface area contributed by atoms with Crippen molar-refractivity contribution >= 4 is 5.91 Å². The smallest absolute Gasteiger partial charge is 0.257 e. The van der Waals surface area contributed by atoms with Crippen molar-refractivity contribution in [3.05, 3.63) is 59.7 Å². The molecule has 1 aromatic heterocycles. The fourth-order valence-corrected chi connectivity index (χ4v) is 3.45. The van der Waals surface area contributed by atoms with Crippen LogP contribution in [0.2, 0.25) is 0 Å². The Morgan fingerprint density at radius 1 is 1.24 bits per heavy atom. The average Bonchev–Trinajstić information content (AvgIpc) is 2.64. The van der Waals surface area contributed by atoms with E-state index in [0.29, 0.717) is 11.5 Å². The Labute approximate surface area is 149 Å². The van der Waals surface area contributed by atoms with Crippen molar-refractivity contribution in [2.24, 2.45) is 5.92 Å². The Bertz CT molecular complexity index is 696. The van der Waals surface area contributed by atoms with Crippen molar-refractivity contribution in [1.82, 2.24) is 19.8 Å². The van der Waals surface area contributed by atoms with Crippen molar-refractivity contribution in [1.29, 1.82) is 0 Å². The van der Waals surface area contributed by atoms with Gasteiger partial charge in [0.1, 0.15) is 6.33 Å². The summed E-state index contributed by atoms with van der Waals surface area (Å²) < 4.78 is 0. The van der Waals surface area contributed by atoms with Crippen molar-refractivity contribution < 1.29 is 4.79 Å². The first-order valence-corrected chi connectivity index (χ1v) is 8.92. The summed E-state index contributed by atoms with van der Waals surface area (Å²) in [5, 5.41) is 0. The molecular weight excluding hydrogens is 312 g/mol. The summed E-state index contributed by atoms with van der Waals surface area (Å²) >= 11 is 0. The minimum Gasteiger partial charge on any atom is -0.341 e. The summed E-state index contributed by atoms with van der Waals surface area (Å²) in [6.07, 6.45) is 5.36. The number of rotatable bonds is 5. The number of piperidine rings is 1. The molecule has 1 fully saturated rings. The summed E-state index contributed by atoms with van der Waals surface area (Å²) in [5.41, 5.74) is 2.71. The van der Waals surface area contributed by atoms with Gasteiger partial charge in [0.25, 0.3) is 5.91 Å². The number of carbonyl (C=O) groups excluding carboxylic acids is 1. The molecular formula is C20H26N4O. The van der Waals surface area contributed by atoms with Crippen molar-refractivity contribution in [3.8, 4) is 0 Å². The molecule has 0 aliphatic carbocycles. The van der Waals surface area contributed by atoms with E-state index in [1.165, 1.54) is 11.9 Å². The van der Waals surface area contributed by atoms with Gasteiger partial charge in [0.05, 0.1) is 11.3 Å². The van der Waals surface area contributed by atoms with Gasteiger partial charge in [-0.25, -0.2) is 9.97 Å². The summed E-state index contributed by atoms with van der Waals surface area (Å²) in [4.78, 5) is 25.0. The van der Waals surface area contributed by atoms with E-state index in [2.05, 4.69) is 45.2 Å². The van der Waals surface area contributed by atoms with Gasteiger partial charge >= 0.3 is 0 Å². The molecule has 0 saturated carbocycles. The molecule has 5 nitrogen and oxygen atoms in total. The van der Waals surface area contributed by atoms with E-state index < -0.39 is 0 Å². The highest BCUT2D eigenvalue weighted by atomic mass is 16.2. The maximum atomic E-state index is 12.6. The third kappa shape index (κ3) is 4.63. The molecule has 0 N–H and O–H groups in total. The molecule has 0 atom stereocenters. The molecule has 1 amide bonds. The lowest BCUT2D eigenvalue weighted by Crippen LogP contribution is -2.39. The van der Waals surface area contributed by atoms with Crippen LogP contribution in [0.3, 0.4) is 0 Å². The van der Waals surface area contributed by atoms with Crippen molar-refractivity contribution in [2.45, 2.75) is 26.3 Å².